The van der Waals surface area contributed by atoms with Gasteiger partial charge < -0.3 is 20.5 Å². The molecule has 0 bridgehead atoms. The van der Waals surface area contributed by atoms with Crippen molar-refractivity contribution < 1.29 is 14.3 Å². The lowest BCUT2D eigenvalue weighted by molar-refractivity contribution is 0.0347. The minimum Gasteiger partial charge on any atom is -0.465 e. The molecule has 0 aromatic heterocycles. The molecule has 5 heteroatoms. The highest BCUT2D eigenvalue weighted by molar-refractivity contribution is 5.91. The Morgan fingerprint density at radius 2 is 2.10 bits per heavy atom. The SMILES string of the molecule is COC(=O)c1ccc(NCCOC2CCCCC2)c(N)c1. The first kappa shape index (κ1) is 15.6. The van der Waals surface area contributed by atoms with Crippen LogP contribution in [0.2, 0.25) is 0 Å². The quantitative estimate of drug-likeness (QED) is 0.479. The number of methoxy groups -OCH3 is 1. The summed E-state index contributed by atoms with van der Waals surface area (Å²) < 4.78 is 10.5. The molecule has 1 aliphatic carbocycles. The van der Waals surface area contributed by atoms with Gasteiger partial charge in [-0.1, -0.05) is 19.3 Å². The molecular weight excluding hydrogens is 268 g/mol. The van der Waals surface area contributed by atoms with Gasteiger partial charge in [-0.2, -0.15) is 0 Å². The van der Waals surface area contributed by atoms with Crippen molar-refractivity contribution in [2.75, 3.05) is 31.3 Å². The first-order valence-electron chi connectivity index (χ1n) is 7.54. The Morgan fingerprint density at radius 1 is 1.33 bits per heavy atom. The summed E-state index contributed by atoms with van der Waals surface area (Å²) in [6.07, 6.45) is 6.66. The number of carbonyl (C=O) groups is 1. The van der Waals surface area contributed by atoms with Crippen LogP contribution in [0, 0.1) is 0 Å². The van der Waals surface area contributed by atoms with Crippen molar-refractivity contribution >= 4 is 17.3 Å². The predicted octanol–water partition coefficient (Wildman–Crippen LogP) is 2.82. The summed E-state index contributed by atoms with van der Waals surface area (Å²) in [4.78, 5) is 11.4. The van der Waals surface area contributed by atoms with Gasteiger partial charge in [0.15, 0.2) is 0 Å². The molecule has 1 aliphatic rings. The molecule has 0 unspecified atom stereocenters. The zero-order valence-corrected chi connectivity index (χ0v) is 12.6. The minimum atomic E-state index is -0.381. The standard InChI is InChI=1S/C16H24N2O3/c1-20-16(19)12-7-8-15(14(17)11-12)18-9-10-21-13-5-3-2-4-6-13/h7-8,11,13,18H,2-6,9-10,17H2,1H3. The first-order valence-corrected chi connectivity index (χ1v) is 7.54. The molecule has 5 nitrogen and oxygen atoms in total. The van der Waals surface area contributed by atoms with Gasteiger partial charge in [0.2, 0.25) is 0 Å². The number of anilines is 2. The summed E-state index contributed by atoms with van der Waals surface area (Å²) in [5, 5.41) is 3.23. The van der Waals surface area contributed by atoms with E-state index in [1.807, 2.05) is 0 Å². The van der Waals surface area contributed by atoms with Crippen LogP contribution in [0.3, 0.4) is 0 Å². The number of hydrogen-bond acceptors (Lipinski definition) is 5. The number of esters is 1. The maximum Gasteiger partial charge on any atom is 0.337 e. The molecule has 2 rings (SSSR count). The van der Waals surface area contributed by atoms with Crippen LogP contribution < -0.4 is 11.1 Å². The van der Waals surface area contributed by atoms with Crippen molar-refractivity contribution in [1.82, 2.24) is 0 Å². The molecule has 0 radical (unpaired) electrons. The van der Waals surface area contributed by atoms with E-state index < -0.39 is 0 Å². The maximum atomic E-state index is 11.4. The summed E-state index contributed by atoms with van der Waals surface area (Å²) in [6.45, 7) is 1.38. The Morgan fingerprint density at radius 3 is 2.76 bits per heavy atom. The van der Waals surface area contributed by atoms with Gasteiger partial charge in [-0.3, -0.25) is 0 Å². The molecule has 1 saturated carbocycles. The van der Waals surface area contributed by atoms with Crippen LogP contribution in [0.25, 0.3) is 0 Å². The normalized spacial score (nSPS) is 15.7. The van der Waals surface area contributed by atoms with Crippen molar-refractivity contribution in [1.29, 1.82) is 0 Å². The smallest absolute Gasteiger partial charge is 0.337 e. The van der Waals surface area contributed by atoms with Crippen LogP contribution in [0.5, 0.6) is 0 Å². The number of ether oxygens (including phenoxy) is 2. The van der Waals surface area contributed by atoms with Gasteiger partial charge in [-0.15, -0.1) is 0 Å². The van der Waals surface area contributed by atoms with Crippen molar-refractivity contribution in [3.05, 3.63) is 23.8 Å². The number of hydrogen-bond donors (Lipinski definition) is 2. The van der Waals surface area contributed by atoms with Crippen molar-refractivity contribution in [2.24, 2.45) is 0 Å². The number of rotatable bonds is 6. The molecule has 0 atom stereocenters. The van der Waals surface area contributed by atoms with E-state index in [2.05, 4.69) is 10.1 Å². The summed E-state index contributed by atoms with van der Waals surface area (Å²) in [5.41, 5.74) is 7.74. The van der Waals surface area contributed by atoms with Crippen LogP contribution in [0.1, 0.15) is 42.5 Å². The summed E-state index contributed by atoms with van der Waals surface area (Å²) >= 11 is 0. The fourth-order valence-electron chi connectivity index (χ4n) is 2.61. The van der Waals surface area contributed by atoms with Crippen LogP contribution in [-0.2, 0) is 9.47 Å². The molecular formula is C16H24N2O3. The van der Waals surface area contributed by atoms with E-state index in [9.17, 15) is 4.79 Å². The number of nitrogens with two attached hydrogens (primary N) is 1. The molecule has 0 heterocycles. The van der Waals surface area contributed by atoms with Crippen LogP contribution in [-0.4, -0.2) is 32.3 Å². The van der Waals surface area contributed by atoms with Crippen molar-refractivity contribution in [3.8, 4) is 0 Å². The molecule has 0 aliphatic heterocycles. The molecule has 1 aromatic carbocycles. The van der Waals surface area contributed by atoms with E-state index in [1.54, 1.807) is 18.2 Å². The number of carbonyl (C=O) groups excluding carboxylic acids is 1. The second-order valence-corrected chi connectivity index (χ2v) is 5.35. The third kappa shape index (κ3) is 4.63. The Labute approximate surface area is 125 Å². The van der Waals surface area contributed by atoms with Gasteiger partial charge in [0, 0.05) is 6.54 Å². The number of benzene rings is 1. The molecule has 1 fully saturated rings. The highest BCUT2D eigenvalue weighted by atomic mass is 16.5. The average molecular weight is 292 g/mol. The zero-order chi connectivity index (χ0) is 15.1. The third-order valence-corrected chi connectivity index (χ3v) is 3.80. The Kier molecular flexibility index (Phi) is 5.87. The van der Waals surface area contributed by atoms with E-state index >= 15 is 0 Å². The summed E-state index contributed by atoms with van der Waals surface area (Å²) in [5.74, 6) is -0.381. The maximum absolute atomic E-state index is 11.4. The highest BCUT2D eigenvalue weighted by Crippen LogP contribution is 2.21. The number of nitrogens with one attached hydrogen (secondary N) is 1. The lowest BCUT2D eigenvalue weighted by Crippen LogP contribution is -2.20. The van der Waals surface area contributed by atoms with Gasteiger partial charge in [-0.05, 0) is 31.0 Å². The third-order valence-electron chi connectivity index (χ3n) is 3.80. The largest absolute Gasteiger partial charge is 0.465 e. The molecule has 1 aromatic rings. The van der Waals surface area contributed by atoms with Gasteiger partial charge in [0.25, 0.3) is 0 Å². The summed E-state index contributed by atoms with van der Waals surface area (Å²) in [7, 11) is 1.35. The van der Waals surface area contributed by atoms with Gasteiger partial charge in [0.1, 0.15) is 0 Å². The molecule has 116 valence electrons. The Hall–Kier alpha value is -1.75. The highest BCUT2D eigenvalue weighted by Gasteiger charge is 2.13. The molecule has 21 heavy (non-hydrogen) atoms. The van der Waals surface area contributed by atoms with E-state index in [1.165, 1.54) is 39.2 Å². The average Bonchev–Trinajstić information content (AvgIpc) is 2.53. The minimum absolute atomic E-state index is 0.381. The van der Waals surface area contributed by atoms with E-state index in [-0.39, 0.29) is 5.97 Å². The van der Waals surface area contributed by atoms with Gasteiger partial charge in [0.05, 0.1) is 36.8 Å². The summed E-state index contributed by atoms with van der Waals surface area (Å²) in [6, 6.07) is 5.12. The second kappa shape index (κ2) is 7.88. The van der Waals surface area contributed by atoms with Crippen molar-refractivity contribution in [3.63, 3.8) is 0 Å². The Balaban J connectivity index is 1.76. The van der Waals surface area contributed by atoms with Gasteiger partial charge in [-0.25, -0.2) is 4.79 Å². The zero-order valence-electron chi connectivity index (χ0n) is 12.6. The van der Waals surface area contributed by atoms with Gasteiger partial charge >= 0.3 is 5.97 Å². The topological polar surface area (TPSA) is 73.6 Å². The fourth-order valence-corrected chi connectivity index (χ4v) is 2.61. The monoisotopic (exact) mass is 292 g/mol. The van der Waals surface area contributed by atoms with Crippen LogP contribution in [0.15, 0.2) is 18.2 Å². The first-order chi connectivity index (χ1) is 10.2. The van der Waals surface area contributed by atoms with E-state index in [4.69, 9.17) is 10.5 Å². The number of nitrogen functional groups attached to an aromatic ring is 1. The molecule has 0 amide bonds. The fraction of sp³-hybridized carbons (Fsp3) is 0.562. The van der Waals surface area contributed by atoms with E-state index in [0.717, 1.165) is 5.69 Å². The van der Waals surface area contributed by atoms with Crippen molar-refractivity contribution in [2.45, 2.75) is 38.2 Å². The molecule has 0 spiro atoms. The van der Waals surface area contributed by atoms with E-state index in [0.29, 0.717) is 30.5 Å². The molecule has 0 saturated heterocycles. The van der Waals surface area contributed by atoms with Crippen LogP contribution >= 0.6 is 0 Å². The lowest BCUT2D eigenvalue weighted by Gasteiger charge is -2.22. The lowest BCUT2D eigenvalue weighted by atomic mass is 9.98. The Bertz CT molecular complexity index is 471. The molecule has 3 N–H and O–H groups in total. The van der Waals surface area contributed by atoms with Crippen LogP contribution in [0.4, 0.5) is 11.4 Å². The second-order valence-electron chi connectivity index (χ2n) is 5.35. The predicted molar refractivity (Wildman–Crippen MR) is 83.5 cm³/mol.